The van der Waals surface area contributed by atoms with E-state index in [4.69, 9.17) is 9.47 Å². The fraction of sp³-hybridized carbons (Fsp3) is 0.524. The lowest BCUT2D eigenvalue weighted by molar-refractivity contribution is -0.181. The van der Waals surface area contributed by atoms with Crippen molar-refractivity contribution in [2.75, 3.05) is 26.3 Å². The first-order valence-corrected chi connectivity index (χ1v) is 9.86. The van der Waals surface area contributed by atoms with Gasteiger partial charge in [-0.3, -0.25) is 9.48 Å². The highest BCUT2D eigenvalue weighted by atomic mass is 16.7. The van der Waals surface area contributed by atoms with E-state index < -0.39 is 5.79 Å². The molecule has 0 radical (unpaired) electrons. The van der Waals surface area contributed by atoms with Gasteiger partial charge in [-0.15, -0.1) is 0 Å². The second kappa shape index (κ2) is 7.82. The molecule has 27 heavy (non-hydrogen) atoms. The number of carbonyl (C=O) groups is 1. The molecule has 2 aromatic rings. The Kier molecular flexibility index (Phi) is 5.27. The van der Waals surface area contributed by atoms with Gasteiger partial charge >= 0.3 is 0 Å². The summed E-state index contributed by atoms with van der Waals surface area (Å²) in [6.45, 7) is 5.45. The molecule has 1 aromatic carbocycles. The zero-order valence-electron chi connectivity index (χ0n) is 15.9. The van der Waals surface area contributed by atoms with Crippen molar-refractivity contribution in [3.05, 3.63) is 53.3 Å². The molecule has 2 aliphatic rings. The Morgan fingerprint density at radius 2 is 1.85 bits per heavy atom. The number of hydrogen-bond donors (Lipinski definition) is 0. The number of likely N-dealkylation sites (tertiary alicyclic amines) is 1. The first kappa shape index (κ1) is 18.2. The van der Waals surface area contributed by atoms with E-state index in [9.17, 15) is 4.79 Å². The zero-order valence-corrected chi connectivity index (χ0v) is 15.9. The van der Waals surface area contributed by atoms with Crippen LogP contribution in [0.2, 0.25) is 0 Å². The lowest BCUT2D eigenvalue weighted by Gasteiger charge is -2.37. The summed E-state index contributed by atoms with van der Waals surface area (Å²) >= 11 is 0. The van der Waals surface area contributed by atoms with Crippen molar-refractivity contribution in [1.29, 1.82) is 0 Å². The monoisotopic (exact) mass is 369 g/mol. The summed E-state index contributed by atoms with van der Waals surface area (Å²) in [4.78, 5) is 15.1. The van der Waals surface area contributed by atoms with Crippen molar-refractivity contribution in [3.63, 3.8) is 0 Å². The van der Waals surface area contributed by atoms with Gasteiger partial charge in [0.25, 0.3) is 5.91 Å². The van der Waals surface area contributed by atoms with Crippen LogP contribution in [0.5, 0.6) is 0 Å². The van der Waals surface area contributed by atoms with E-state index >= 15 is 0 Å². The van der Waals surface area contributed by atoms with Crippen LogP contribution in [0, 0.1) is 0 Å². The molecule has 0 saturated carbocycles. The molecule has 2 saturated heterocycles. The molecule has 2 aliphatic heterocycles. The molecular weight excluding hydrogens is 342 g/mol. The molecular formula is C21H27N3O3. The van der Waals surface area contributed by atoms with Crippen LogP contribution in [0.1, 0.15) is 47.8 Å². The van der Waals surface area contributed by atoms with Crippen molar-refractivity contribution < 1.29 is 14.3 Å². The fourth-order valence-electron chi connectivity index (χ4n) is 3.99. The Morgan fingerprint density at radius 1 is 1.15 bits per heavy atom. The van der Waals surface area contributed by atoms with E-state index in [-0.39, 0.29) is 5.91 Å². The number of nitrogens with zero attached hydrogens (tertiary/aromatic N) is 3. The molecule has 3 heterocycles. The minimum Gasteiger partial charge on any atom is -0.347 e. The van der Waals surface area contributed by atoms with E-state index in [1.807, 2.05) is 27.8 Å². The van der Waals surface area contributed by atoms with Crippen LogP contribution in [0.25, 0.3) is 0 Å². The van der Waals surface area contributed by atoms with Crippen LogP contribution in [0.3, 0.4) is 0 Å². The van der Waals surface area contributed by atoms with Gasteiger partial charge in [-0.05, 0) is 12.0 Å². The number of piperidine rings is 1. The van der Waals surface area contributed by atoms with Gasteiger partial charge in [-0.2, -0.15) is 5.10 Å². The summed E-state index contributed by atoms with van der Waals surface area (Å²) in [6, 6.07) is 10.2. The number of rotatable bonds is 5. The van der Waals surface area contributed by atoms with Crippen molar-refractivity contribution in [2.24, 2.45) is 0 Å². The molecule has 0 bridgehead atoms. The van der Waals surface area contributed by atoms with Gasteiger partial charge < -0.3 is 14.4 Å². The van der Waals surface area contributed by atoms with Crippen LogP contribution in [0.15, 0.2) is 36.5 Å². The quantitative estimate of drug-likeness (QED) is 0.813. The first-order chi connectivity index (χ1) is 13.2. The van der Waals surface area contributed by atoms with Gasteiger partial charge in [0, 0.05) is 25.9 Å². The second-order valence-electron chi connectivity index (χ2n) is 7.30. The summed E-state index contributed by atoms with van der Waals surface area (Å²) < 4.78 is 13.5. The average molecular weight is 369 g/mol. The van der Waals surface area contributed by atoms with E-state index in [0.717, 1.165) is 36.9 Å². The highest BCUT2D eigenvalue weighted by Gasteiger charge is 2.41. The second-order valence-corrected chi connectivity index (χ2v) is 7.30. The SMILES string of the molecule is CCCc1c(C(=O)N2CCC3(CC2)OCCO3)cnn1Cc1ccccc1. The van der Waals surface area contributed by atoms with Crippen molar-refractivity contribution >= 4 is 5.91 Å². The number of aromatic nitrogens is 2. The molecule has 1 amide bonds. The number of carbonyl (C=O) groups excluding carboxylic acids is 1. The number of amides is 1. The number of ether oxygens (including phenoxy) is 2. The van der Waals surface area contributed by atoms with E-state index in [0.29, 0.717) is 32.8 Å². The summed E-state index contributed by atoms with van der Waals surface area (Å²) in [6.07, 6.45) is 5.03. The Morgan fingerprint density at radius 3 is 2.52 bits per heavy atom. The van der Waals surface area contributed by atoms with Crippen LogP contribution < -0.4 is 0 Å². The molecule has 1 spiro atoms. The molecule has 0 atom stereocenters. The van der Waals surface area contributed by atoms with Crippen LogP contribution in [-0.4, -0.2) is 52.7 Å². The smallest absolute Gasteiger partial charge is 0.257 e. The lowest BCUT2D eigenvalue weighted by atomic mass is 10.0. The summed E-state index contributed by atoms with van der Waals surface area (Å²) in [5.74, 6) is -0.383. The number of benzene rings is 1. The van der Waals surface area contributed by atoms with Crippen molar-refractivity contribution in [2.45, 2.75) is 44.9 Å². The Hall–Kier alpha value is -2.18. The third kappa shape index (κ3) is 3.77. The van der Waals surface area contributed by atoms with Gasteiger partial charge in [-0.25, -0.2) is 0 Å². The minimum atomic E-state index is -0.458. The largest absolute Gasteiger partial charge is 0.347 e. The third-order valence-corrected chi connectivity index (χ3v) is 5.47. The van der Waals surface area contributed by atoms with Gasteiger partial charge in [-0.1, -0.05) is 43.7 Å². The highest BCUT2D eigenvalue weighted by Crippen LogP contribution is 2.32. The lowest BCUT2D eigenvalue weighted by Crippen LogP contribution is -2.47. The van der Waals surface area contributed by atoms with Gasteiger partial charge in [0.1, 0.15) is 0 Å². The molecule has 0 N–H and O–H groups in total. The van der Waals surface area contributed by atoms with Crippen LogP contribution >= 0.6 is 0 Å². The van der Waals surface area contributed by atoms with Gasteiger partial charge in [0.2, 0.25) is 0 Å². The summed E-state index contributed by atoms with van der Waals surface area (Å²) in [5, 5.41) is 4.54. The summed E-state index contributed by atoms with van der Waals surface area (Å²) in [5.41, 5.74) is 2.95. The zero-order chi connectivity index (χ0) is 18.7. The maximum absolute atomic E-state index is 13.2. The predicted molar refractivity (Wildman–Crippen MR) is 102 cm³/mol. The Labute approximate surface area is 160 Å². The average Bonchev–Trinajstić information content (AvgIpc) is 3.31. The maximum Gasteiger partial charge on any atom is 0.257 e. The van der Waals surface area contributed by atoms with Crippen LogP contribution in [-0.2, 0) is 22.4 Å². The molecule has 4 rings (SSSR count). The first-order valence-electron chi connectivity index (χ1n) is 9.86. The minimum absolute atomic E-state index is 0.0746. The Balaban J connectivity index is 1.50. The third-order valence-electron chi connectivity index (χ3n) is 5.47. The number of hydrogen-bond acceptors (Lipinski definition) is 4. The van der Waals surface area contributed by atoms with E-state index in [1.54, 1.807) is 6.20 Å². The normalized spacial score (nSPS) is 18.9. The molecule has 0 unspecified atom stereocenters. The Bertz CT molecular complexity index is 771. The summed E-state index contributed by atoms with van der Waals surface area (Å²) in [7, 11) is 0. The van der Waals surface area contributed by atoms with Crippen molar-refractivity contribution in [1.82, 2.24) is 14.7 Å². The molecule has 1 aromatic heterocycles. The molecule has 6 nitrogen and oxygen atoms in total. The van der Waals surface area contributed by atoms with Gasteiger partial charge in [0.15, 0.2) is 5.79 Å². The molecule has 0 aliphatic carbocycles. The van der Waals surface area contributed by atoms with E-state index in [2.05, 4.69) is 24.2 Å². The maximum atomic E-state index is 13.2. The molecule has 144 valence electrons. The topological polar surface area (TPSA) is 56.6 Å². The van der Waals surface area contributed by atoms with Crippen LogP contribution in [0.4, 0.5) is 0 Å². The molecule has 6 heteroatoms. The standard InChI is InChI=1S/C21H27N3O3/c1-2-6-19-18(15-22-24(19)16-17-7-4-3-5-8-17)20(25)23-11-9-21(10-12-23)26-13-14-27-21/h3-5,7-8,15H,2,6,9-14,16H2,1H3. The van der Waals surface area contributed by atoms with E-state index in [1.165, 1.54) is 5.56 Å². The van der Waals surface area contributed by atoms with Gasteiger partial charge in [0.05, 0.1) is 37.2 Å². The highest BCUT2D eigenvalue weighted by molar-refractivity contribution is 5.95. The van der Waals surface area contributed by atoms with Crippen molar-refractivity contribution in [3.8, 4) is 0 Å². The predicted octanol–water partition coefficient (Wildman–Crippen LogP) is 2.86. The molecule has 2 fully saturated rings. The fourth-order valence-corrected chi connectivity index (χ4v) is 3.99.